The van der Waals surface area contributed by atoms with Crippen molar-refractivity contribution in [1.29, 1.82) is 5.26 Å². The van der Waals surface area contributed by atoms with Gasteiger partial charge in [-0.05, 0) is 5.92 Å². The normalized spacial score (nSPS) is 13.6. The van der Waals surface area contributed by atoms with Crippen LogP contribution in [-0.4, -0.2) is 6.04 Å². The number of hydrogen-bond donors (Lipinski definition) is 1. The molecule has 2 N–H and O–H groups in total. The van der Waals surface area contributed by atoms with Crippen molar-refractivity contribution in [3.05, 3.63) is 0 Å². The minimum Gasteiger partial charge on any atom is -0.316 e. The van der Waals surface area contributed by atoms with E-state index in [1.54, 1.807) is 0 Å². The predicted molar refractivity (Wildman–Crippen MR) is 28.4 cm³/mol. The Balaban J connectivity index is 3.40. The maximum absolute atomic E-state index is 8.13. The molecular formula is C5H10N2. The van der Waals surface area contributed by atoms with E-state index in [2.05, 4.69) is 0 Å². The maximum Gasteiger partial charge on any atom is 0.0951 e. The van der Waals surface area contributed by atoms with Crippen molar-refractivity contribution in [3.63, 3.8) is 0 Å². The number of nitriles is 1. The number of nitrogens with two attached hydrogens (primary N) is 1. The van der Waals surface area contributed by atoms with Gasteiger partial charge in [-0.3, -0.25) is 0 Å². The highest BCUT2D eigenvalue weighted by atomic mass is 15.4. The molecule has 7 heavy (non-hydrogen) atoms. The molecule has 2 heteroatoms. The second-order valence-electron chi connectivity index (χ2n) is 1.90. The standard InChI is InChI=1S/C5H10N2/c1-4(2)5(7)3-6/h4-5H,7H2,1-2H3/t5-/m0/s1/i7+1. The van der Waals surface area contributed by atoms with E-state index in [-0.39, 0.29) is 12.0 Å². The Morgan fingerprint density at radius 3 is 2.00 bits per heavy atom. The summed E-state index contributed by atoms with van der Waals surface area (Å²) < 4.78 is 0. The lowest BCUT2D eigenvalue weighted by molar-refractivity contribution is 0.580. The van der Waals surface area contributed by atoms with Gasteiger partial charge < -0.3 is 5.73 Å². The zero-order chi connectivity index (χ0) is 5.86. The first kappa shape index (κ1) is 6.45. The van der Waals surface area contributed by atoms with E-state index in [0.717, 1.165) is 0 Å². The smallest absolute Gasteiger partial charge is 0.0951 e. The van der Waals surface area contributed by atoms with Crippen LogP contribution in [0.25, 0.3) is 0 Å². The van der Waals surface area contributed by atoms with Crippen LogP contribution < -0.4 is 5.73 Å². The number of hydrogen-bond acceptors (Lipinski definition) is 2. The molecule has 0 rings (SSSR count). The Morgan fingerprint density at radius 1 is 1.57 bits per heavy atom. The third-order valence-electron chi connectivity index (χ3n) is 0.867. The molecule has 0 aliphatic rings. The van der Waals surface area contributed by atoms with Gasteiger partial charge in [-0.15, -0.1) is 0 Å². The van der Waals surface area contributed by atoms with Crippen molar-refractivity contribution in [2.45, 2.75) is 19.9 Å². The summed E-state index contributed by atoms with van der Waals surface area (Å²) in [5.74, 6) is 0.282. The van der Waals surface area contributed by atoms with Gasteiger partial charge in [0.2, 0.25) is 0 Å². The fourth-order valence-electron chi connectivity index (χ4n) is 0.149. The molecule has 0 unspecified atom stereocenters. The van der Waals surface area contributed by atoms with Gasteiger partial charge in [0.05, 0.1) is 12.1 Å². The van der Waals surface area contributed by atoms with Crippen LogP contribution in [0.5, 0.6) is 0 Å². The maximum atomic E-state index is 8.13. The Morgan fingerprint density at radius 2 is 2.00 bits per heavy atom. The molecule has 0 amide bonds. The molecule has 0 heterocycles. The van der Waals surface area contributed by atoms with Crippen LogP contribution in [0.1, 0.15) is 13.8 Å². The Bertz CT molecular complexity index is 80.6. The highest BCUT2D eigenvalue weighted by Gasteiger charge is 2.02. The second kappa shape index (κ2) is 2.59. The summed E-state index contributed by atoms with van der Waals surface area (Å²) in [6.45, 7) is 3.85. The molecule has 40 valence electrons. The lowest BCUT2D eigenvalue weighted by atomic mass is 10.1. The predicted octanol–water partition coefficient (Wildman–Crippen LogP) is 0.493. The van der Waals surface area contributed by atoms with Crippen molar-refractivity contribution in [2.75, 3.05) is 0 Å². The van der Waals surface area contributed by atoms with Crippen molar-refractivity contribution < 1.29 is 0 Å². The molecule has 0 aliphatic carbocycles. The SMILES string of the molecule is CC(C)[C@@H]([15NH2])C#N. The van der Waals surface area contributed by atoms with Crippen molar-refractivity contribution >= 4 is 0 Å². The lowest BCUT2D eigenvalue weighted by Crippen LogP contribution is -2.23. The Kier molecular flexibility index (Phi) is 2.39. The summed E-state index contributed by atoms with van der Waals surface area (Å²) in [4.78, 5) is 0. The van der Waals surface area contributed by atoms with Crippen LogP contribution in [0.3, 0.4) is 0 Å². The fraction of sp³-hybridized carbons (Fsp3) is 0.800. The van der Waals surface area contributed by atoms with Crippen molar-refractivity contribution in [3.8, 4) is 6.07 Å². The van der Waals surface area contributed by atoms with Gasteiger partial charge in [-0.1, -0.05) is 13.8 Å². The molecule has 2 nitrogen and oxygen atoms in total. The topological polar surface area (TPSA) is 49.8 Å². The summed E-state index contributed by atoms with van der Waals surface area (Å²) in [5, 5.41) is 8.13. The number of nitrogens with zero attached hydrogens (tertiary/aromatic N) is 1. The van der Waals surface area contributed by atoms with Gasteiger partial charge >= 0.3 is 0 Å². The van der Waals surface area contributed by atoms with Gasteiger partial charge in [0.1, 0.15) is 0 Å². The van der Waals surface area contributed by atoms with Crippen LogP contribution >= 0.6 is 0 Å². The van der Waals surface area contributed by atoms with E-state index in [1.807, 2.05) is 19.9 Å². The highest BCUT2D eigenvalue weighted by Crippen LogP contribution is 1.93. The summed E-state index contributed by atoms with van der Waals surface area (Å²) in [6.07, 6.45) is 0. The van der Waals surface area contributed by atoms with E-state index in [1.165, 1.54) is 0 Å². The largest absolute Gasteiger partial charge is 0.316 e. The quantitative estimate of drug-likeness (QED) is 0.486. The monoisotopic (exact) mass is 99.1 g/mol. The van der Waals surface area contributed by atoms with Crippen LogP contribution in [0.2, 0.25) is 0 Å². The zero-order valence-corrected chi connectivity index (χ0v) is 4.68. The molecule has 0 fully saturated rings. The Hall–Kier alpha value is -0.550. The van der Waals surface area contributed by atoms with Gasteiger partial charge in [-0.25, -0.2) is 0 Å². The highest BCUT2D eigenvalue weighted by molar-refractivity contribution is 4.88. The van der Waals surface area contributed by atoms with E-state index < -0.39 is 0 Å². The minimum absolute atomic E-state index is 0.282. The van der Waals surface area contributed by atoms with E-state index in [0.29, 0.717) is 0 Å². The summed E-state index contributed by atoms with van der Waals surface area (Å²) in [7, 11) is 0. The van der Waals surface area contributed by atoms with Crippen LogP contribution in [0, 0.1) is 17.2 Å². The fourth-order valence-corrected chi connectivity index (χ4v) is 0.149. The molecule has 0 bridgehead atoms. The van der Waals surface area contributed by atoms with Gasteiger partial charge in [0, 0.05) is 0 Å². The van der Waals surface area contributed by atoms with Gasteiger partial charge in [0.15, 0.2) is 0 Å². The zero-order valence-electron chi connectivity index (χ0n) is 4.68. The second-order valence-corrected chi connectivity index (χ2v) is 1.90. The molecule has 0 aromatic heterocycles. The minimum atomic E-state index is -0.292. The first-order valence-electron chi connectivity index (χ1n) is 2.33. The summed E-state index contributed by atoms with van der Waals surface area (Å²) >= 11 is 0. The average Bonchev–Trinajstić information content (AvgIpc) is 1.65. The first-order valence-corrected chi connectivity index (χ1v) is 2.33. The third kappa shape index (κ3) is 2.18. The molecule has 0 saturated heterocycles. The van der Waals surface area contributed by atoms with Crippen molar-refractivity contribution in [1.82, 2.24) is 0 Å². The van der Waals surface area contributed by atoms with E-state index in [4.69, 9.17) is 11.0 Å². The third-order valence-corrected chi connectivity index (χ3v) is 0.867. The van der Waals surface area contributed by atoms with Crippen molar-refractivity contribution in [2.24, 2.45) is 11.7 Å². The lowest BCUT2D eigenvalue weighted by Gasteiger charge is -2.02. The molecule has 0 aromatic carbocycles. The van der Waals surface area contributed by atoms with E-state index in [9.17, 15) is 0 Å². The van der Waals surface area contributed by atoms with E-state index >= 15 is 0 Å². The van der Waals surface area contributed by atoms with Gasteiger partial charge in [0.25, 0.3) is 0 Å². The number of rotatable bonds is 1. The summed E-state index contributed by atoms with van der Waals surface area (Å²) in [6, 6.07) is 1.65. The molecule has 0 radical (unpaired) electrons. The molecule has 0 aromatic rings. The van der Waals surface area contributed by atoms with Gasteiger partial charge in [-0.2, -0.15) is 5.26 Å². The van der Waals surface area contributed by atoms with Crippen LogP contribution in [0.4, 0.5) is 0 Å². The molecule has 0 saturated carbocycles. The molecule has 1 atom stereocenters. The Labute approximate surface area is 43.9 Å². The van der Waals surface area contributed by atoms with Crippen LogP contribution in [-0.2, 0) is 0 Å². The summed E-state index contributed by atoms with van der Waals surface area (Å²) in [5.41, 5.74) is 5.25. The first-order chi connectivity index (χ1) is 3.18. The molecular weight excluding hydrogens is 89.1 g/mol. The molecule has 0 aliphatic heterocycles. The van der Waals surface area contributed by atoms with Crippen LogP contribution in [0.15, 0.2) is 0 Å². The molecule has 0 spiro atoms. The average molecular weight is 99.1 g/mol.